The van der Waals surface area contributed by atoms with Gasteiger partial charge in [-0.15, -0.1) is 0 Å². The van der Waals surface area contributed by atoms with Gasteiger partial charge in [0.1, 0.15) is 11.9 Å². The lowest BCUT2D eigenvalue weighted by molar-refractivity contribution is -0.138. The van der Waals surface area contributed by atoms with Gasteiger partial charge in [0.2, 0.25) is 5.91 Å². The first-order valence-corrected chi connectivity index (χ1v) is 8.54. The number of rotatable bonds is 3. The number of carbonyl (C=O) groups excluding carboxylic acids is 1. The Balaban J connectivity index is 1.72. The van der Waals surface area contributed by atoms with Crippen molar-refractivity contribution in [1.29, 1.82) is 0 Å². The molecule has 5 heteroatoms. The van der Waals surface area contributed by atoms with Crippen LogP contribution in [0.4, 0.5) is 0 Å². The van der Waals surface area contributed by atoms with Gasteiger partial charge in [-0.2, -0.15) is 0 Å². The van der Waals surface area contributed by atoms with Gasteiger partial charge in [-0.1, -0.05) is 42.8 Å². The van der Waals surface area contributed by atoms with E-state index >= 15 is 0 Å². The number of hydrogen-bond donors (Lipinski definition) is 0. The molecule has 1 atom stereocenters. The fourth-order valence-corrected chi connectivity index (χ4v) is 3.55. The van der Waals surface area contributed by atoms with E-state index in [-0.39, 0.29) is 11.9 Å². The third-order valence-electron chi connectivity index (χ3n) is 4.58. The third kappa shape index (κ3) is 2.47. The molecule has 1 aromatic heterocycles. The van der Waals surface area contributed by atoms with Gasteiger partial charge in [0.25, 0.3) is 0 Å². The predicted octanol–water partition coefficient (Wildman–Crippen LogP) is 4.18. The number of imidazole rings is 1. The summed E-state index contributed by atoms with van der Waals surface area (Å²) in [6, 6.07) is 15.5. The average Bonchev–Trinajstić information content (AvgIpc) is 2.96. The summed E-state index contributed by atoms with van der Waals surface area (Å²) in [6.07, 6.45) is 0.753. The molecule has 3 aromatic rings. The van der Waals surface area contributed by atoms with E-state index in [0.29, 0.717) is 18.1 Å². The summed E-state index contributed by atoms with van der Waals surface area (Å²) in [5.41, 5.74) is 3.07. The quantitative estimate of drug-likeness (QED) is 0.717. The van der Waals surface area contributed by atoms with Gasteiger partial charge in [-0.05, 0) is 36.2 Å². The van der Waals surface area contributed by atoms with E-state index in [9.17, 15) is 4.79 Å². The molecule has 0 saturated heterocycles. The second-order valence-corrected chi connectivity index (χ2v) is 6.57. The first kappa shape index (κ1) is 15.2. The zero-order valence-corrected chi connectivity index (χ0v) is 14.2. The maximum Gasteiger partial charge on any atom is 0.246 e. The Labute approximate surface area is 145 Å². The van der Waals surface area contributed by atoms with Gasteiger partial charge in [0.15, 0.2) is 0 Å². The molecule has 1 aliphatic heterocycles. The molecule has 0 bridgehead atoms. The Morgan fingerprint density at radius 2 is 1.92 bits per heavy atom. The number of amides is 1. The highest BCUT2D eigenvalue weighted by molar-refractivity contribution is 6.30. The molecule has 4 rings (SSSR count). The minimum Gasteiger partial charge on any atom is -0.329 e. The minimum atomic E-state index is -0.187. The molecule has 0 saturated carbocycles. The lowest BCUT2D eigenvalue weighted by Gasteiger charge is -2.33. The number of fused-ring (bicyclic) bond motifs is 3. The van der Waals surface area contributed by atoms with Gasteiger partial charge >= 0.3 is 0 Å². The molecule has 0 radical (unpaired) electrons. The van der Waals surface area contributed by atoms with Crippen LogP contribution in [-0.4, -0.2) is 20.4 Å². The Bertz CT molecular complexity index is 901. The lowest BCUT2D eigenvalue weighted by atomic mass is 10.1. The Hall–Kier alpha value is -2.33. The van der Waals surface area contributed by atoms with Crippen molar-refractivity contribution < 1.29 is 4.79 Å². The van der Waals surface area contributed by atoms with Crippen LogP contribution < -0.4 is 0 Å². The maximum absolute atomic E-state index is 13.0. The van der Waals surface area contributed by atoms with E-state index in [1.165, 1.54) is 0 Å². The molecule has 0 spiro atoms. The van der Waals surface area contributed by atoms with Crippen molar-refractivity contribution >= 4 is 28.5 Å². The van der Waals surface area contributed by atoms with Crippen LogP contribution in [0.1, 0.15) is 30.8 Å². The van der Waals surface area contributed by atoms with Crippen molar-refractivity contribution in [2.24, 2.45) is 0 Å². The van der Waals surface area contributed by atoms with Crippen LogP contribution in [0.5, 0.6) is 0 Å². The molecule has 0 aliphatic carbocycles. The first-order valence-electron chi connectivity index (χ1n) is 8.16. The summed E-state index contributed by atoms with van der Waals surface area (Å²) in [6.45, 7) is 3.16. The normalized spacial score (nSPS) is 17.3. The van der Waals surface area contributed by atoms with Crippen molar-refractivity contribution in [3.8, 4) is 0 Å². The maximum atomic E-state index is 13.0. The zero-order valence-electron chi connectivity index (χ0n) is 13.4. The topological polar surface area (TPSA) is 38.1 Å². The van der Waals surface area contributed by atoms with E-state index in [4.69, 9.17) is 16.6 Å². The molecule has 0 N–H and O–H groups in total. The van der Waals surface area contributed by atoms with Crippen LogP contribution in [0.25, 0.3) is 11.0 Å². The summed E-state index contributed by atoms with van der Waals surface area (Å²) < 4.78 is 2.11. The van der Waals surface area contributed by atoms with E-state index in [0.717, 1.165) is 28.8 Å². The molecule has 122 valence electrons. The molecule has 24 heavy (non-hydrogen) atoms. The Morgan fingerprint density at radius 3 is 2.67 bits per heavy atom. The predicted molar refractivity (Wildman–Crippen MR) is 94.8 cm³/mol. The van der Waals surface area contributed by atoms with Crippen LogP contribution >= 0.6 is 11.6 Å². The highest BCUT2D eigenvalue weighted by Gasteiger charge is 2.33. The second kappa shape index (κ2) is 5.95. The zero-order chi connectivity index (χ0) is 16.7. The number of para-hydroxylation sites is 2. The van der Waals surface area contributed by atoms with Crippen LogP contribution in [0, 0.1) is 0 Å². The highest BCUT2D eigenvalue weighted by atomic mass is 35.5. The van der Waals surface area contributed by atoms with Crippen molar-refractivity contribution in [1.82, 2.24) is 14.5 Å². The third-order valence-corrected chi connectivity index (χ3v) is 4.83. The van der Waals surface area contributed by atoms with Gasteiger partial charge in [0.05, 0.1) is 17.6 Å². The van der Waals surface area contributed by atoms with Gasteiger partial charge in [-0.3, -0.25) is 4.79 Å². The van der Waals surface area contributed by atoms with Crippen LogP contribution in [0.2, 0.25) is 5.02 Å². The van der Waals surface area contributed by atoms with Crippen molar-refractivity contribution in [3.63, 3.8) is 0 Å². The SMILES string of the molecule is CCC1C(=O)N(Cc2ccc(Cl)cc2)Cc2nc3ccccc3n21. The van der Waals surface area contributed by atoms with Crippen molar-refractivity contribution in [3.05, 3.63) is 64.9 Å². The fourth-order valence-electron chi connectivity index (χ4n) is 3.42. The molecule has 2 aromatic carbocycles. The summed E-state index contributed by atoms with van der Waals surface area (Å²) in [5.74, 6) is 1.11. The number of nitrogens with zero attached hydrogens (tertiary/aromatic N) is 3. The van der Waals surface area contributed by atoms with Crippen molar-refractivity contribution in [2.75, 3.05) is 0 Å². The van der Waals surface area contributed by atoms with E-state index in [2.05, 4.69) is 4.57 Å². The van der Waals surface area contributed by atoms with Crippen LogP contribution in [0.3, 0.4) is 0 Å². The van der Waals surface area contributed by atoms with Gasteiger partial charge < -0.3 is 9.47 Å². The van der Waals surface area contributed by atoms with Gasteiger partial charge in [0, 0.05) is 11.6 Å². The monoisotopic (exact) mass is 339 g/mol. The van der Waals surface area contributed by atoms with Crippen LogP contribution in [0.15, 0.2) is 48.5 Å². The molecule has 0 fully saturated rings. The number of carbonyl (C=O) groups is 1. The number of aromatic nitrogens is 2. The summed E-state index contributed by atoms with van der Waals surface area (Å²) in [5, 5.41) is 0.706. The van der Waals surface area contributed by atoms with Gasteiger partial charge in [-0.25, -0.2) is 4.98 Å². The first-order chi connectivity index (χ1) is 11.7. The fraction of sp³-hybridized carbons (Fsp3) is 0.263. The molecule has 1 amide bonds. The highest BCUT2D eigenvalue weighted by Crippen LogP contribution is 2.30. The standard InChI is InChI=1S/C19H18ClN3O/c1-2-16-19(24)22(11-13-7-9-14(20)10-8-13)12-18-21-15-5-3-4-6-17(15)23(16)18/h3-10,16H,2,11-12H2,1H3. The summed E-state index contributed by atoms with van der Waals surface area (Å²) in [7, 11) is 0. The Morgan fingerprint density at radius 1 is 1.17 bits per heavy atom. The number of halogens is 1. The van der Waals surface area contributed by atoms with Crippen molar-refractivity contribution in [2.45, 2.75) is 32.5 Å². The van der Waals surface area contributed by atoms with E-state index in [1.807, 2.05) is 60.4 Å². The van der Waals surface area contributed by atoms with E-state index in [1.54, 1.807) is 0 Å². The average molecular weight is 340 g/mol. The largest absolute Gasteiger partial charge is 0.329 e. The lowest BCUT2D eigenvalue weighted by Crippen LogP contribution is -2.42. The summed E-state index contributed by atoms with van der Waals surface area (Å²) >= 11 is 5.95. The molecular weight excluding hydrogens is 322 g/mol. The summed E-state index contributed by atoms with van der Waals surface area (Å²) in [4.78, 5) is 19.6. The minimum absolute atomic E-state index is 0.156. The van der Waals surface area contributed by atoms with E-state index < -0.39 is 0 Å². The molecular formula is C19H18ClN3O. The molecule has 4 nitrogen and oxygen atoms in total. The second-order valence-electron chi connectivity index (χ2n) is 6.13. The Kier molecular flexibility index (Phi) is 3.77. The molecule has 2 heterocycles. The smallest absolute Gasteiger partial charge is 0.246 e. The molecule has 1 aliphatic rings. The molecule has 1 unspecified atom stereocenters. The number of benzene rings is 2. The van der Waals surface area contributed by atoms with Crippen LogP contribution in [-0.2, 0) is 17.9 Å². The number of hydrogen-bond acceptors (Lipinski definition) is 2.